The minimum Gasteiger partial charge on any atom is -0.315 e. The third-order valence-corrected chi connectivity index (χ3v) is 4.78. The van der Waals surface area contributed by atoms with Gasteiger partial charge in [-0.15, -0.1) is 0 Å². The zero-order valence-corrected chi connectivity index (χ0v) is 14.1. The summed E-state index contributed by atoms with van der Waals surface area (Å²) in [5, 5.41) is 0. The number of anilines is 1. The lowest BCUT2D eigenvalue weighted by Gasteiger charge is -2.13. The molecule has 3 heteroatoms. The van der Waals surface area contributed by atoms with Crippen molar-refractivity contribution < 1.29 is 4.79 Å². The van der Waals surface area contributed by atoms with Crippen molar-refractivity contribution in [1.29, 1.82) is 0 Å². The number of hydrogen-bond acceptors (Lipinski definition) is 1. The van der Waals surface area contributed by atoms with Gasteiger partial charge in [-0.3, -0.25) is 4.79 Å². The summed E-state index contributed by atoms with van der Waals surface area (Å²) in [5.41, 5.74) is 5.90. The van der Waals surface area contributed by atoms with E-state index in [1.54, 1.807) is 4.90 Å². The van der Waals surface area contributed by atoms with Gasteiger partial charge in [0.15, 0.2) is 0 Å². The highest BCUT2D eigenvalue weighted by molar-refractivity contribution is 9.10. The number of carbonyl (C=O) groups is 1. The van der Waals surface area contributed by atoms with Crippen LogP contribution in [0, 0.1) is 13.8 Å². The van der Waals surface area contributed by atoms with E-state index in [0.717, 1.165) is 22.1 Å². The average Bonchev–Trinajstić information content (AvgIpc) is 2.67. The van der Waals surface area contributed by atoms with Gasteiger partial charge in [-0.1, -0.05) is 39.7 Å². The lowest BCUT2D eigenvalue weighted by atomic mass is 9.90. The number of rotatable bonds is 2. The van der Waals surface area contributed by atoms with Gasteiger partial charge in [0.05, 0.1) is 5.92 Å². The normalized spacial score (nSPS) is 17.2. The van der Waals surface area contributed by atoms with Gasteiger partial charge < -0.3 is 4.90 Å². The number of halogens is 1. The fraction of sp³-hybridized carbons (Fsp3) is 0.278. The van der Waals surface area contributed by atoms with E-state index in [1.165, 1.54) is 16.7 Å². The van der Waals surface area contributed by atoms with Crippen molar-refractivity contribution >= 4 is 27.5 Å². The van der Waals surface area contributed by atoms with Crippen molar-refractivity contribution in [3.63, 3.8) is 0 Å². The highest BCUT2D eigenvalue weighted by atomic mass is 79.9. The second-order valence-electron chi connectivity index (χ2n) is 5.79. The Kier molecular flexibility index (Phi) is 3.62. The van der Waals surface area contributed by atoms with Crippen LogP contribution in [0.1, 0.15) is 28.2 Å². The third kappa shape index (κ3) is 2.51. The summed E-state index contributed by atoms with van der Waals surface area (Å²) in [6.45, 7) is 4.20. The molecule has 1 atom stereocenters. The predicted octanol–water partition coefficient (Wildman–Crippen LogP) is 4.37. The molecule has 0 fully saturated rings. The minimum absolute atomic E-state index is 0.0806. The van der Waals surface area contributed by atoms with Gasteiger partial charge in [0.1, 0.15) is 0 Å². The fourth-order valence-electron chi connectivity index (χ4n) is 3.03. The molecule has 1 unspecified atom stereocenters. The summed E-state index contributed by atoms with van der Waals surface area (Å²) in [4.78, 5) is 14.4. The fourth-order valence-corrected chi connectivity index (χ4v) is 3.41. The molecule has 0 aliphatic carbocycles. The molecule has 108 valence electrons. The molecule has 0 spiro atoms. The molecule has 0 radical (unpaired) electrons. The van der Waals surface area contributed by atoms with Crippen LogP contribution >= 0.6 is 15.9 Å². The molecule has 2 aromatic carbocycles. The van der Waals surface area contributed by atoms with Crippen LogP contribution in [0.25, 0.3) is 0 Å². The first-order chi connectivity index (χ1) is 9.97. The molecule has 0 N–H and O–H groups in total. The summed E-state index contributed by atoms with van der Waals surface area (Å²) in [6, 6.07) is 12.5. The summed E-state index contributed by atoms with van der Waals surface area (Å²) in [5.74, 6) is 0.104. The van der Waals surface area contributed by atoms with Gasteiger partial charge in [-0.25, -0.2) is 0 Å². The molecule has 1 aliphatic heterocycles. The number of aryl methyl sites for hydroxylation is 2. The second kappa shape index (κ2) is 5.30. The summed E-state index contributed by atoms with van der Waals surface area (Å²) in [6.07, 6.45) is 0.764. The van der Waals surface area contributed by atoms with Crippen LogP contribution in [-0.4, -0.2) is 13.0 Å². The Bertz CT molecular complexity index is 723. The van der Waals surface area contributed by atoms with Crippen molar-refractivity contribution in [3.8, 4) is 0 Å². The van der Waals surface area contributed by atoms with E-state index < -0.39 is 0 Å². The molecular formula is C18H18BrNO. The Balaban J connectivity index is 2.02. The van der Waals surface area contributed by atoms with Gasteiger partial charge in [0.25, 0.3) is 0 Å². The largest absolute Gasteiger partial charge is 0.315 e. The van der Waals surface area contributed by atoms with Crippen molar-refractivity contribution in [2.75, 3.05) is 11.9 Å². The first-order valence-corrected chi connectivity index (χ1v) is 7.90. The molecular weight excluding hydrogens is 326 g/mol. The van der Waals surface area contributed by atoms with Crippen LogP contribution in [0.15, 0.2) is 40.9 Å². The quantitative estimate of drug-likeness (QED) is 0.792. The summed E-state index contributed by atoms with van der Waals surface area (Å²) >= 11 is 3.51. The highest BCUT2D eigenvalue weighted by Crippen LogP contribution is 2.40. The number of fused-ring (bicyclic) bond motifs is 1. The number of nitrogens with zero attached hydrogens (tertiary/aromatic N) is 1. The second-order valence-corrected chi connectivity index (χ2v) is 6.70. The van der Waals surface area contributed by atoms with Crippen molar-refractivity contribution in [3.05, 3.63) is 63.1 Å². The van der Waals surface area contributed by atoms with Gasteiger partial charge >= 0.3 is 0 Å². The highest BCUT2D eigenvalue weighted by Gasteiger charge is 2.35. The monoisotopic (exact) mass is 343 g/mol. The molecule has 1 amide bonds. The van der Waals surface area contributed by atoms with E-state index in [0.29, 0.717) is 0 Å². The van der Waals surface area contributed by atoms with Crippen molar-refractivity contribution in [2.45, 2.75) is 26.2 Å². The number of carbonyl (C=O) groups excluding carboxylic acids is 1. The number of amides is 1. The lowest BCUT2D eigenvalue weighted by molar-refractivity contribution is -0.119. The zero-order valence-electron chi connectivity index (χ0n) is 12.5. The SMILES string of the molecule is Cc1ccc(C)c(CC2C(=O)N(C)c3ccc(Br)cc32)c1. The molecule has 0 aromatic heterocycles. The Morgan fingerprint density at radius 1 is 1.14 bits per heavy atom. The topological polar surface area (TPSA) is 20.3 Å². The molecule has 0 saturated heterocycles. The van der Waals surface area contributed by atoms with Crippen LogP contribution in [0.4, 0.5) is 5.69 Å². The lowest BCUT2D eigenvalue weighted by Crippen LogP contribution is -2.25. The predicted molar refractivity (Wildman–Crippen MR) is 89.9 cm³/mol. The van der Waals surface area contributed by atoms with E-state index in [2.05, 4.69) is 54.0 Å². The van der Waals surface area contributed by atoms with E-state index >= 15 is 0 Å². The van der Waals surface area contributed by atoms with Gasteiger partial charge in [0, 0.05) is 17.2 Å². The van der Waals surface area contributed by atoms with Crippen molar-refractivity contribution in [1.82, 2.24) is 0 Å². The zero-order chi connectivity index (χ0) is 15.1. The molecule has 1 aliphatic rings. The number of benzene rings is 2. The Hall–Kier alpha value is -1.61. The van der Waals surface area contributed by atoms with Gasteiger partial charge in [0.2, 0.25) is 5.91 Å². The smallest absolute Gasteiger partial charge is 0.234 e. The minimum atomic E-state index is -0.0806. The van der Waals surface area contributed by atoms with E-state index in [9.17, 15) is 4.79 Å². The average molecular weight is 344 g/mol. The molecule has 2 aromatic rings. The van der Waals surface area contributed by atoms with Crippen LogP contribution in [-0.2, 0) is 11.2 Å². The van der Waals surface area contributed by atoms with Crippen LogP contribution in [0.5, 0.6) is 0 Å². The molecule has 1 heterocycles. The van der Waals surface area contributed by atoms with Gasteiger partial charge in [-0.05, 0) is 55.2 Å². The molecule has 2 nitrogen and oxygen atoms in total. The third-order valence-electron chi connectivity index (χ3n) is 4.28. The van der Waals surface area contributed by atoms with E-state index in [1.807, 2.05) is 19.2 Å². The maximum absolute atomic E-state index is 12.6. The molecule has 0 bridgehead atoms. The first-order valence-electron chi connectivity index (χ1n) is 7.10. The van der Waals surface area contributed by atoms with E-state index in [4.69, 9.17) is 0 Å². The van der Waals surface area contributed by atoms with E-state index in [-0.39, 0.29) is 11.8 Å². The van der Waals surface area contributed by atoms with Gasteiger partial charge in [-0.2, -0.15) is 0 Å². The number of hydrogen-bond donors (Lipinski definition) is 0. The molecule has 0 saturated carbocycles. The summed E-state index contributed by atoms with van der Waals surface area (Å²) in [7, 11) is 1.86. The van der Waals surface area contributed by atoms with Crippen LogP contribution in [0.3, 0.4) is 0 Å². The summed E-state index contributed by atoms with van der Waals surface area (Å²) < 4.78 is 1.02. The maximum Gasteiger partial charge on any atom is 0.234 e. The maximum atomic E-state index is 12.6. The first kappa shape index (κ1) is 14.3. The van der Waals surface area contributed by atoms with Crippen molar-refractivity contribution in [2.24, 2.45) is 0 Å². The Morgan fingerprint density at radius 3 is 2.67 bits per heavy atom. The Morgan fingerprint density at radius 2 is 1.90 bits per heavy atom. The Labute approximate surface area is 133 Å². The van der Waals surface area contributed by atoms with Crippen LogP contribution in [0.2, 0.25) is 0 Å². The molecule has 21 heavy (non-hydrogen) atoms. The number of likely N-dealkylation sites (N-methyl/N-ethyl adjacent to an activating group) is 1. The van der Waals surface area contributed by atoms with Crippen LogP contribution < -0.4 is 4.90 Å². The standard InChI is InChI=1S/C18H18BrNO/c1-11-4-5-12(2)13(8-11)9-16-15-10-14(19)6-7-17(15)20(3)18(16)21/h4-8,10,16H,9H2,1-3H3. The molecule has 3 rings (SSSR count).